The van der Waals surface area contributed by atoms with E-state index in [1.54, 1.807) is 0 Å². The van der Waals surface area contributed by atoms with Gasteiger partial charge in [-0.15, -0.1) is 5.10 Å². The number of rotatable bonds is 7. The lowest BCUT2D eigenvalue weighted by Crippen LogP contribution is -2.40. The van der Waals surface area contributed by atoms with Gasteiger partial charge in [0.05, 0.1) is 6.61 Å². The Labute approximate surface area is 134 Å². The highest BCUT2D eigenvalue weighted by atomic mass is 35.5. The molecule has 1 aromatic carbocycles. The van der Waals surface area contributed by atoms with Crippen LogP contribution in [0.3, 0.4) is 0 Å². The van der Waals surface area contributed by atoms with E-state index >= 15 is 0 Å². The lowest BCUT2D eigenvalue weighted by molar-refractivity contribution is 0.0774. The molecule has 0 radical (unpaired) electrons. The summed E-state index contributed by atoms with van der Waals surface area (Å²) in [4.78, 5) is 2.21. The Kier molecular flexibility index (Phi) is 6.11. The third kappa shape index (κ3) is 4.48. The molecule has 4 nitrogen and oxygen atoms in total. The van der Waals surface area contributed by atoms with E-state index < -0.39 is 0 Å². The Morgan fingerprint density at radius 2 is 1.95 bits per heavy atom. The van der Waals surface area contributed by atoms with Crippen molar-refractivity contribution >= 4 is 23.1 Å². The second-order valence-corrected chi connectivity index (χ2v) is 6.73. The first-order valence-electron chi connectivity index (χ1n) is 6.97. The third-order valence-electron chi connectivity index (χ3n) is 3.52. The minimum Gasteiger partial charge on any atom is -0.395 e. The maximum atomic E-state index is 9.73. The molecule has 0 aliphatic heterocycles. The largest absolute Gasteiger partial charge is 0.395 e. The summed E-state index contributed by atoms with van der Waals surface area (Å²) in [7, 11) is 0. The average molecular weight is 326 g/mol. The highest BCUT2D eigenvalue weighted by Gasteiger charge is 2.23. The summed E-state index contributed by atoms with van der Waals surface area (Å²) in [6, 6.07) is 10.3. The van der Waals surface area contributed by atoms with Gasteiger partial charge in [0.15, 0.2) is 0 Å². The first-order chi connectivity index (χ1) is 10.1. The van der Waals surface area contributed by atoms with Gasteiger partial charge >= 0.3 is 0 Å². The number of hydrogen-bond acceptors (Lipinski definition) is 5. The molecule has 0 aliphatic rings. The Bertz CT molecular complexity index is 547. The molecule has 0 saturated heterocycles. The smallest absolute Gasteiger partial charge is 0.138 e. The van der Waals surface area contributed by atoms with Crippen LogP contribution in [-0.4, -0.2) is 32.2 Å². The normalized spacial score (nSPS) is 13.0. The van der Waals surface area contributed by atoms with Crippen LogP contribution in [0.5, 0.6) is 0 Å². The van der Waals surface area contributed by atoms with Gasteiger partial charge in [0.2, 0.25) is 0 Å². The van der Waals surface area contributed by atoms with E-state index in [-0.39, 0.29) is 12.6 Å². The zero-order valence-electron chi connectivity index (χ0n) is 12.2. The molecule has 1 aromatic heterocycles. The average Bonchev–Trinajstić information content (AvgIpc) is 2.85. The summed E-state index contributed by atoms with van der Waals surface area (Å²) in [5, 5.41) is 13.8. The maximum absolute atomic E-state index is 9.73. The van der Waals surface area contributed by atoms with Crippen LogP contribution in [0.25, 0.3) is 0 Å². The monoisotopic (exact) mass is 325 g/mol. The van der Waals surface area contributed by atoms with Gasteiger partial charge in [0.25, 0.3) is 0 Å². The van der Waals surface area contributed by atoms with Gasteiger partial charge in [-0.25, -0.2) is 0 Å². The molecule has 1 unspecified atom stereocenters. The molecule has 0 spiro atoms. The van der Waals surface area contributed by atoms with Crippen molar-refractivity contribution in [3.8, 4) is 0 Å². The fourth-order valence-corrected chi connectivity index (χ4v) is 2.95. The highest BCUT2D eigenvalue weighted by molar-refractivity contribution is 7.10. The molecule has 0 bridgehead atoms. The Hall–Kier alpha value is -1.01. The minimum absolute atomic E-state index is 0.0583. The van der Waals surface area contributed by atoms with Gasteiger partial charge < -0.3 is 5.11 Å². The lowest BCUT2D eigenvalue weighted by Gasteiger charge is -2.32. The van der Waals surface area contributed by atoms with E-state index in [0.717, 1.165) is 12.2 Å². The number of aliphatic hydroxyl groups is 1. The fourth-order valence-electron chi connectivity index (χ4n) is 2.34. The van der Waals surface area contributed by atoms with Crippen molar-refractivity contribution in [2.75, 3.05) is 6.61 Å². The molecule has 0 fully saturated rings. The van der Waals surface area contributed by atoms with Crippen LogP contribution in [0.1, 0.15) is 25.1 Å². The van der Waals surface area contributed by atoms with Crippen LogP contribution >= 0.6 is 23.1 Å². The zero-order valence-corrected chi connectivity index (χ0v) is 13.8. The van der Waals surface area contributed by atoms with Crippen molar-refractivity contribution in [2.45, 2.75) is 33.0 Å². The van der Waals surface area contributed by atoms with Crippen molar-refractivity contribution in [1.82, 2.24) is 14.5 Å². The predicted molar refractivity (Wildman–Crippen MR) is 86.3 cm³/mol. The van der Waals surface area contributed by atoms with Gasteiger partial charge in [-0.2, -0.15) is 0 Å². The van der Waals surface area contributed by atoms with E-state index in [9.17, 15) is 5.11 Å². The molecule has 21 heavy (non-hydrogen) atoms. The van der Waals surface area contributed by atoms with Crippen molar-refractivity contribution < 1.29 is 5.11 Å². The van der Waals surface area contributed by atoms with E-state index in [1.807, 2.05) is 18.2 Å². The fraction of sp³-hybridized carbons (Fsp3) is 0.467. The Morgan fingerprint density at radius 3 is 2.48 bits per heavy atom. The summed E-state index contributed by atoms with van der Waals surface area (Å²) in [6.45, 7) is 5.67. The molecule has 2 rings (SSSR count). The number of aliphatic hydroxyl groups excluding tert-OH is 1. The van der Waals surface area contributed by atoms with Crippen molar-refractivity contribution in [3.05, 3.63) is 45.9 Å². The SMILES string of the molecule is CC(C)C(CO)N(Cc1ccccc1)Cc1nnsc1Cl. The van der Waals surface area contributed by atoms with E-state index in [1.165, 1.54) is 17.1 Å². The van der Waals surface area contributed by atoms with Crippen molar-refractivity contribution in [2.24, 2.45) is 5.92 Å². The number of aromatic nitrogens is 2. The van der Waals surface area contributed by atoms with Crippen LogP contribution in [0.15, 0.2) is 30.3 Å². The van der Waals surface area contributed by atoms with Crippen LogP contribution in [0.4, 0.5) is 0 Å². The molecular weight excluding hydrogens is 306 g/mol. The van der Waals surface area contributed by atoms with E-state index in [4.69, 9.17) is 11.6 Å². The van der Waals surface area contributed by atoms with Crippen molar-refractivity contribution in [1.29, 1.82) is 0 Å². The lowest BCUT2D eigenvalue weighted by atomic mass is 10.0. The first kappa shape index (κ1) is 16.4. The van der Waals surface area contributed by atoms with Gasteiger partial charge in [0, 0.05) is 30.7 Å². The summed E-state index contributed by atoms with van der Waals surface area (Å²) in [5.41, 5.74) is 1.98. The predicted octanol–water partition coefficient (Wildman–Crippen LogP) is 3.21. The topological polar surface area (TPSA) is 49.2 Å². The quantitative estimate of drug-likeness (QED) is 0.849. The van der Waals surface area contributed by atoms with Gasteiger partial charge in [0.1, 0.15) is 10.0 Å². The van der Waals surface area contributed by atoms with E-state index in [0.29, 0.717) is 16.8 Å². The molecule has 1 N–H and O–H groups in total. The third-order valence-corrected chi connectivity index (χ3v) is 4.50. The number of nitrogens with zero attached hydrogens (tertiary/aromatic N) is 3. The Balaban J connectivity index is 2.19. The Morgan fingerprint density at radius 1 is 1.24 bits per heavy atom. The van der Waals surface area contributed by atoms with Gasteiger partial charge in [-0.3, -0.25) is 4.90 Å². The number of benzene rings is 1. The maximum Gasteiger partial charge on any atom is 0.138 e. The first-order valence-corrected chi connectivity index (χ1v) is 8.12. The number of hydrogen-bond donors (Lipinski definition) is 1. The van der Waals surface area contributed by atoms with Crippen LogP contribution in [0, 0.1) is 5.92 Å². The molecule has 1 atom stereocenters. The summed E-state index contributed by atoms with van der Waals surface area (Å²) >= 11 is 7.31. The summed E-state index contributed by atoms with van der Waals surface area (Å²) in [5.74, 6) is 0.337. The standard InChI is InChI=1S/C15H20ClN3OS/c1-11(2)14(10-20)19(8-12-6-4-3-5-7-12)9-13-15(16)21-18-17-13/h3-7,11,14,20H,8-10H2,1-2H3. The minimum atomic E-state index is 0.0583. The number of halogens is 1. The second kappa shape index (κ2) is 7.84. The molecule has 2 aromatic rings. The molecule has 0 saturated carbocycles. The molecule has 0 amide bonds. The molecule has 114 valence electrons. The van der Waals surface area contributed by atoms with Crippen LogP contribution < -0.4 is 0 Å². The molecule has 0 aliphatic carbocycles. The van der Waals surface area contributed by atoms with Crippen molar-refractivity contribution in [3.63, 3.8) is 0 Å². The highest BCUT2D eigenvalue weighted by Crippen LogP contribution is 2.23. The second-order valence-electron chi connectivity index (χ2n) is 5.38. The molecular formula is C15H20ClN3OS. The van der Waals surface area contributed by atoms with Gasteiger partial charge in [-0.05, 0) is 11.5 Å². The summed E-state index contributed by atoms with van der Waals surface area (Å²) in [6.07, 6.45) is 0. The van der Waals surface area contributed by atoms with Gasteiger partial charge in [-0.1, -0.05) is 60.3 Å². The molecule has 6 heteroatoms. The molecule has 1 heterocycles. The summed E-state index contributed by atoms with van der Waals surface area (Å²) < 4.78 is 4.50. The zero-order chi connectivity index (χ0) is 15.2. The van der Waals surface area contributed by atoms with Crippen LogP contribution in [-0.2, 0) is 13.1 Å². The van der Waals surface area contributed by atoms with E-state index in [2.05, 4.69) is 40.5 Å². The van der Waals surface area contributed by atoms with Crippen LogP contribution in [0.2, 0.25) is 4.34 Å².